The lowest BCUT2D eigenvalue weighted by atomic mass is 9.85. The molecule has 3 rings (SSSR count). The van der Waals surface area contributed by atoms with Crippen LogP contribution in [0.25, 0.3) is 0 Å². The zero-order valence-corrected chi connectivity index (χ0v) is 18.8. The summed E-state index contributed by atoms with van der Waals surface area (Å²) in [5, 5.41) is 8.82. The van der Waals surface area contributed by atoms with Crippen LogP contribution in [0.5, 0.6) is 0 Å². The SMILES string of the molecule is CC(CC(=O)NCC1CCN(Cc2cccs2)CC1)C1CCCNC1.Cl.Cl. The first-order valence-electron chi connectivity index (χ1n) is 9.93. The Morgan fingerprint density at radius 3 is 2.74 bits per heavy atom. The van der Waals surface area contributed by atoms with Gasteiger partial charge in [0.05, 0.1) is 0 Å². The lowest BCUT2D eigenvalue weighted by molar-refractivity contribution is -0.122. The monoisotopic (exact) mass is 435 g/mol. The molecule has 0 saturated carbocycles. The fourth-order valence-corrected chi connectivity index (χ4v) is 4.87. The molecule has 4 nitrogen and oxygen atoms in total. The average Bonchev–Trinajstić information content (AvgIpc) is 3.15. The van der Waals surface area contributed by atoms with E-state index >= 15 is 0 Å². The van der Waals surface area contributed by atoms with E-state index < -0.39 is 0 Å². The van der Waals surface area contributed by atoms with E-state index in [-0.39, 0.29) is 30.7 Å². The van der Waals surface area contributed by atoms with Crippen molar-refractivity contribution >= 4 is 42.1 Å². The van der Waals surface area contributed by atoms with Crippen molar-refractivity contribution in [1.82, 2.24) is 15.5 Å². The molecule has 0 bridgehead atoms. The Morgan fingerprint density at radius 2 is 2.11 bits per heavy atom. The molecule has 1 amide bonds. The van der Waals surface area contributed by atoms with Gasteiger partial charge in [0, 0.05) is 24.4 Å². The highest BCUT2D eigenvalue weighted by Gasteiger charge is 2.23. The summed E-state index contributed by atoms with van der Waals surface area (Å²) >= 11 is 1.85. The van der Waals surface area contributed by atoms with Crippen molar-refractivity contribution in [3.8, 4) is 0 Å². The molecule has 0 aromatic carbocycles. The van der Waals surface area contributed by atoms with E-state index in [9.17, 15) is 4.79 Å². The summed E-state index contributed by atoms with van der Waals surface area (Å²) in [5.41, 5.74) is 0. The van der Waals surface area contributed by atoms with Crippen LogP contribution >= 0.6 is 36.2 Å². The van der Waals surface area contributed by atoms with E-state index in [0.717, 1.165) is 39.3 Å². The quantitative estimate of drug-likeness (QED) is 0.681. The summed E-state index contributed by atoms with van der Waals surface area (Å²) < 4.78 is 0. The molecule has 0 spiro atoms. The van der Waals surface area contributed by atoms with Gasteiger partial charge in [-0.15, -0.1) is 36.2 Å². The molecule has 2 unspecified atom stereocenters. The number of piperidine rings is 2. The van der Waals surface area contributed by atoms with Crippen LogP contribution in [-0.2, 0) is 11.3 Å². The Balaban J connectivity index is 0.00000182. The molecule has 2 saturated heterocycles. The highest BCUT2D eigenvalue weighted by atomic mass is 35.5. The average molecular weight is 436 g/mol. The molecule has 2 atom stereocenters. The summed E-state index contributed by atoms with van der Waals surface area (Å²) in [6.07, 6.45) is 5.61. The minimum absolute atomic E-state index is 0. The van der Waals surface area contributed by atoms with Crippen LogP contribution in [0.3, 0.4) is 0 Å². The summed E-state index contributed by atoms with van der Waals surface area (Å²) in [4.78, 5) is 16.3. The molecule has 0 aliphatic carbocycles. The largest absolute Gasteiger partial charge is 0.356 e. The maximum Gasteiger partial charge on any atom is 0.220 e. The lowest BCUT2D eigenvalue weighted by Crippen LogP contribution is -2.39. The minimum Gasteiger partial charge on any atom is -0.356 e. The molecular formula is C20H35Cl2N3OS. The van der Waals surface area contributed by atoms with Gasteiger partial charge in [0.25, 0.3) is 0 Å². The molecule has 2 fully saturated rings. The van der Waals surface area contributed by atoms with Crippen LogP contribution in [-0.4, -0.2) is 43.5 Å². The number of likely N-dealkylation sites (tertiary alicyclic amines) is 1. The lowest BCUT2D eigenvalue weighted by Gasteiger charge is -2.32. The normalized spacial score (nSPS) is 22.3. The van der Waals surface area contributed by atoms with E-state index in [0.29, 0.717) is 24.2 Å². The molecule has 0 radical (unpaired) electrons. The highest BCUT2D eigenvalue weighted by molar-refractivity contribution is 7.09. The van der Waals surface area contributed by atoms with Gasteiger partial charge in [-0.25, -0.2) is 0 Å². The number of amides is 1. The second-order valence-electron chi connectivity index (χ2n) is 7.89. The molecule has 3 heterocycles. The molecule has 7 heteroatoms. The number of nitrogens with zero attached hydrogens (tertiary/aromatic N) is 1. The molecular weight excluding hydrogens is 401 g/mol. The van der Waals surface area contributed by atoms with Crippen molar-refractivity contribution in [2.75, 3.05) is 32.7 Å². The third-order valence-corrected chi connectivity index (χ3v) is 6.76. The smallest absolute Gasteiger partial charge is 0.220 e. The Bertz CT molecular complexity index is 515. The zero-order valence-electron chi connectivity index (χ0n) is 16.3. The molecule has 27 heavy (non-hydrogen) atoms. The topological polar surface area (TPSA) is 44.4 Å². The highest BCUT2D eigenvalue weighted by Crippen LogP contribution is 2.23. The van der Waals surface area contributed by atoms with Gasteiger partial charge >= 0.3 is 0 Å². The second kappa shape index (κ2) is 13.0. The van der Waals surface area contributed by atoms with Crippen molar-refractivity contribution in [2.45, 2.75) is 45.6 Å². The summed E-state index contributed by atoms with van der Waals surface area (Å²) in [6, 6.07) is 4.35. The number of thiophene rings is 1. The predicted octanol–water partition coefficient (Wildman–Crippen LogP) is 3.95. The van der Waals surface area contributed by atoms with Gasteiger partial charge in [-0.2, -0.15) is 0 Å². The maximum atomic E-state index is 12.3. The number of nitrogens with one attached hydrogen (secondary N) is 2. The van der Waals surface area contributed by atoms with Gasteiger partial charge in [0.2, 0.25) is 5.91 Å². The van der Waals surface area contributed by atoms with Gasteiger partial charge in [-0.1, -0.05) is 13.0 Å². The van der Waals surface area contributed by atoms with E-state index in [1.54, 1.807) is 0 Å². The Kier molecular flexibility index (Phi) is 11.9. The van der Waals surface area contributed by atoms with E-state index in [1.165, 1.54) is 30.6 Å². The Morgan fingerprint density at radius 1 is 1.33 bits per heavy atom. The first-order chi connectivity index (χ1) is 12.2. The molecule has 1 aromatic rings. The van der Waals surface area contributed by atoms with Crippen molar-refractivity contribution in [3.63, 3.8) is 0 Å². The van der Waals surface area contributed by atoms with Crippen molar-refractivity contribution in [2.24, 2.45) is 17.8 Å². The van der Waals surface area contributed by atoms with Gasteiger partial charge in [0.1, 0.15) is 0 Å². The summed E-state index contributed by atoms with van der Waals surface area (Å²) in [7, 11) is 0. The van der Waals surface area contributed by atoms with Crippen LogP contribution in [0.2, 0.25) is 0 Å². The first kappa shape index (κ1) is 24.7. The van der Waals surface area contributed by atoms with Gasteiger partial charge in [0.15, 0.2) is 0 Å². The Hall–Kier alpha value is -0.330. The van der Waals surface area contributed by atoms with E-state index in [1.807, 2.05) is 11.3 Å². The van der Waals surface area contributed by atoms with Crippen molar-refractivity contribution in [3.05, 3.63) is 22.4 Å². The minimum atomic E-state index is 0. The molecule has 2 aliphatic rings. The van der Waals surface area contributed by atoms with Gasteiger partial charge in [-0.3, -0.25) is 9.69 Å². The number of carbonyl (C=O) groups is 1. The predicted molar refractivity (Wildman–Crippen MR) is 119 cm³/mol. The fourth-order valence-electron chi connectivity index (χ4n) is 4.13. The number of rotatable bonds is 7. The molecule has 2 aliphatic heterocycles. The van der Waals surface area contributed by atoms with Crippen LogP contribution in [0.15, 0.2) is 17.5 Å². The van der Waals surface area contributed by atoms with Crippen LogP contribution in [0.1, 0.15) is 43.9 Å². The fraction of sp³-hybridized carbons (Fsp3) is 0.750. The third-order valence-electron chi connectivity index (χ3n) is 5.90. The van der Waals surface area contributed by atoms with Crippen LogP contribution in [0.4, 0.5) is 0 Å². The van der Waals surface area contributed by atoms with Crippen molar-refractivity contribution < 1.29 is 4.79 Å². The van der Waals surface area contributed by atoms with Crippen LogP contribution in [0, 0.1) is 17.8 Å². The summed E-state index contributed by atoms with van der Waals surface area (Å²) in [6.45, 7) is 8.72. The zero-order chi connectivity index (χ0) is 17.5. The summed E-state index contributed by atoms with van der Waals surface area (Å²) in [5.74, 6) is 2.05. The van der Waals surface area contributed by atoms with Gasteiger partial charge < -0.3 is 10.6 Å². The van der Waals surface area contributed by atoms with Gasteiger partial charge in [-0.05, 0) is 81.1 Å². The Labute approximate surface area is 180 Å². The van der Waals surface area contributed by atoms with Crippen LogP contribution < -0.4 is 10.6 Å². The number of hydrogen-bond donors (Lipinski definition) is 2. The number of halogens is 2. The molecule has 2 N–H and O–H groups in total. The van der Waals surface area contributed by atoms with Crippen molar-refractivity contribution in [1.29, 1.82) is 0 Å². The number of carbonyl (C=O) groups excluding carboxylic acids is 1. The second-order valence-corrected chi connectivity index (χ2v) is 8.92. The standard InChI is InChI=1S/C20H33N3OS.2ClH/c1-16(18-4-2-8-21-14-18)12-20(24)22-13-17-6-9-23(10-7-17)15-19-5-3-11-25-19;;/h3,5,11,16-18,21H,2,4,6-10,12-15H2,1H3,(H,22,24);2*1H. The third kappa shape index (κ3) is 8.28. The van der Waals surface area contributed by atoms with E-state index in [2.05, 4.69) is 40.0 Å². The molecule has 1 aromatic heterocycles. The first-order valence-corrected chi connectivity index (χ1v) is 10.8. The van der Waals surface area contributed by atoms with E-state index in [4.69, 9.17) is 0 Å². The maximum absolute atomic E-state index is 12.3. The number of hydrogen-bond acceptors (Lipinski definition) is 4. The molecule has 156 valence electrons.